The second-order valence-electron chi connectivity index (χ2n) is 7.29. The normalized spacial score (nSPS) is 19.1. The molecule has 3 rings (SSSR count). The van der Waals surface area contributed by atoms with Crippen molar-refractivity contribution in [2.75, 3.05) is 13.2 Å². The minimum Gasteiger partial charge on any atom is -0.494 e. The molecule has 5 nitrogen and oxygen atoms in total. The van der Waals surface area contributed by atoms with Crippen molar-refractivity contribution in [2.24, 2.45) is 0 Å². The predicted octanol–water partition coefficient (Wildman–Crippen LogP) is 4.94. The Bertz CT molecular complexity index is 770. The zero-order chi connectivity index (χ0) is 20.6. The molecule has 0 aromatic heterocycles. The Morgan fingerprint density at radius 2 is 1.97 bits per heavy atom. The van der Waals surface area contributed by atoms with Crippen molar-refractivity contribution in [3.63, 3.8) is 0 Å². The summed E-state index contributed by atoms with van der Waals surface area (Å²) in [7, 11) is 0. The average Bonchev–Trinajstić information content (AvgIpc) is 2.97. The summed E-state index contributed by atoms with van der Waals surface area (Å²) in [5.74, 6) is 0.181. The average molecular weight is 434 g/mol. The molecule has 0 N–H and O–H groups in total. The van der Waals surface area contributed by atoms with Gasteiger partial charge in [-0.25, -0.2) is 0 Å². The third-order valence-electron chi connectivity index (χ3n) is 4.96. The van der Waals surface area contributed by atoms with Gasteiger partial charge in [0.15, 0.2) is 0 Å². The highest BCUT2D eigenvalue weighted by atomic mass is 32.2. The minimum atomic E-state index is -0.386. The van der Waals surface area contributed by atoms with Crippen molar-refractivity contribution >= 4 is 46.3 Å². The summed E-state index contributed by atoms with van der Waals surface area (Å²) in [4.78, 5) is 26.8. The number of benzene rings is 1. The van der Waals surface area contributed by atoms with Gasteiger partial charge in [0.25, 0.3) is 5.91 Å². The quantitative estimate of drug-likeness (QED) is 0.250. The summed E-state index contributed by atoms with van der Waals surface area (Å²) in [5.41, 5.74) is 0.887. The number of hydrogen-bond acceptors (Lipinski definition) is 6. The van der Waals surface area contributed by atoms with Crippen molar-refractivity contribution in [2.45, 2.75) is 58.0 Å². The predicted molar refractivity (Wildman–Crippen MR) is 120 cm³/mol. The maximum Gasteiger partial charge on any atom is 0.326 e. The molecule has 1 aliphatic carbocycles. The molecule has 0 radical (unpaired) electrons. The molecular formula is C22H27NO4S2. The maximum atomic E-state index is 12.7. The largest absolute Gasteiger partial charge is 0.494 e. The monoisotopic (exact) mass is 433 g/mol. The molecule has 0 unspecified atom stereocenters. The first-order valence-corrected chi connectivity index (χ1v) is 11.5. The van der Waals surface area contributed by atoms with Gasteiger partial charge in [0.05, 0.1) is 11.5 Å². The number of hydrogen-bond donors (Lipinski definition) is 0. The molecule has 1 heterocycles. The van der Waals surface area contributed by atoms with Crippen LogP contribution in [0, 0.1) is 0 Å². The van der Waals surface area contributed by atoms with Gasteiger partial charge in [0.2, 0.25) is 0 Å². The van der Waals surface area contributed by atoms with Crippen LogP contribution < -0.4 is 4.74 Å². The highest BCUT2D eigenvalue weighted by molar-refractivity contribution is 8.26. The van der Waals surface area contributed by atoms with E-state index < -0.39 is 0 Å². The van der Waals surface area contributed by atoms with E-state index in [-0.39, 0.29) is 24.5 Å². The van der Waals surface area contributed by atoms with Crippen LogP contribution in [0.1, 0.15) is 57.4 Å². The molecule has 0 spiro atoms. The van der Waals surface area contributed by atoms with Gasteiger partial charge in [-0.05, 0) is 55.9 Å². The summed E-state index contributed by atoms with van der Waals surface area (Å²) in [5, 5.41) is 0. The van der Waals surface area contributed by atoms with Crippen LogP contribution in [-0.4, -0.2) is 40.4 Å². The molecule has 1 aromatic rings. The number of thioether (sulfide) groups is 1. The van der Waals surface area contributed by atoms with E-state index in [2.05, 4.69) is 6.92 Å². The summed E-state index contributed by atoms with van der Waals surface area (Å²) in [6, 6.07) is 7.60. The summed E-state index contributed by atoms with van der Waals surface area (Å²) in [6.07, 6.45) is 9.06. The number of nitrogens with zero attached hydrogens (tertiary/aromatic N) is 1. The number of esters is 1. The second kappa shape index (κ2) is 10.8. The van der Waals surface area contributed by atoms with Crippen molar-refractivity contribution < 1.29 is 19.1 Å². The summed E-state index contributed by atoms with van der Waals surface area (Å²) >= 11 is 6.53. The van der Waals surface area contributed by atoms with Gasteiger partial charge < -0.3 is 9.47 Å². The Morgan fingerprint density at radius 1 is 1.24 bits per heavy atom. The van der Waals surface area contributed by atoms with Crippen LogP contribution in [-0.2, 0) is 14.3 Å². The van der Waals surface area contributed by atoms with Crippen LogP contribution in [0.4, 0.5) is 0 Å². The van der Waals surface area contributed by atoms with Crippen molar-refractivity contribution in [3.05, 3.63) is 34.7 Å². The lowest BCUT2D eigenvalue weighted by atomic mass is 9.98. The van der Waals surface area contributed by atoms with Crippen LogP contribution in [0.25, 0.3) is 6.08 Å². The van der Waals surface area contributed by atoms with E-state index in [1.54, 1.807) is 6.08 Å². The van der Waals surface area contributed by atoms with E-state index in [9.17, 15) is 9.59 Å². The number of carbonyl (C=O) groups is 2. The highest BCUT2D eigenvalue weighted by Crippen LogP contribution is 2.33. The Labute approximate surface area is 181 Å². The Hall–Kier alpha value is -1.86. The first kappa shape index (κ1) is 21.8. The third kappa shape index (κ3) is 6.31. The first-order chi connectivity index (χ1) is 14.1. The number of thiocarbonyl (C=S) groups is 1. The second-order valence-corrected chi connectivity index (χ2v) is 8.96. The third-order valence-corrected chi connectivity index (χ3v) is 6.33. The smallest absolute Gasteiger partial charge is 0.326 e. The van der Waals surface area contributed by atoms with Gasteiger partial charge in [-0.3, -0.25) is 14.5 Å². The maximum absolute atomic E-state index is 12.7. The van der Waals surface area contributed by atoms with Gasteiger partial charge >= 0.3 is 5.97 Å². The lowest BCUT2D eigenvalue weighted by Crippen LogP contribution is -2.36. The van der Waals surface area contributed by atoms with Gasteiger partial charge in [-0.15, -0.1) is 0 Å². The van der Waals surface area contributed by atoms with Crippen LogP contribution in [0.5, 0.6) is 5.75 Å². The summed E-state index contributed by atoms with van der Waals surface area (Å²) in [6.45, 7) is 2.70. The molecule has 29 heavy (non-hydrogen) atoms. The van der Waals surface area contributed by atoms with E-state index in [0.717, 1.165) is 49.8 Å². The van der Waals surface area contributed by atoms with Crippen molar-refractivity contribution in [1.29, 1.82) is 0 Å². The zero-order valence-corrected chi connectivity index (χ0v) is 18.4. The fourth-order valence-electron chi connectivity index (χ4n) is 3.32. The first-order valence-electron chi connectivity index (χ1n) is 10.2. The van der Waals surface area contributed by atoms with Gasteiger partial charge in [0.1, 0.15) is 22.7 Å². The number of rotatable bonds is 8. The van der Waals surface area contributed by atoms with Crippen LogP contribution >= 0.6 is 24.0 Å². The Balaban J connectivity index is 1.56. The van der Waals surface area contributed by atoms with Gasteiger partial charge in [-0.2, -0.15) is 0 Å². The molecule has 1 amide bonds. The zero-order valence-electron chi connectivity index (χ0n) is 16.7. The van der Waals surface area contributed by atoms with Crippen molar-refractivity contribution in [3.8, 4) is 5.75 Å². The van der Waals surface area contributed by atoms with Crippen LogP contribution in [0.2, 0.25) is 0 Å². The molecule has 2 fully saturated rings. The topological polar surface area (TPSA) is 55.8 Å². The van der Waals surface area contributed by atoms with E-state index >= 15 is 0 Å². The Kier molecular flexibility index (Phi) is 8.12. The number of amides is 1. The minimum absolute atomic E-state index is 0.0248. The van der Waals surface area contributed by atoms with E-state index in [1.807, 2.05) is 24.3 Å². The number of carbonyl (C=O) groups excluding carboxylic acids is 2. The molecule has 1 saturated carbocycles. The highest BCUT2D eigenvalue weighted by Gasteiger charge is 2.34. The van der Waals surface area contributed by atoms with Crippen LogP contribution in [0.3, 0.4) is 0 Å². The molecule has 1 saturated heterocycles. The molecule has 1 aromatic carbocycles. The fourth-order valence-corrected chi connectivity index (χ4v) is 4.57. The fraction of sp³-hybridized carbons (Fsp3) is 0.500. The van der Waals surface area contributed by atoms with Crippen LogP contribution in [0.15, 0.2) is 29.2 Å². The van der Waals surface area contributed by atoms with E-state index in [4.69, 9.17) is 21.7 Å². The molecule has 0 atom stereocenters. The van der Waals surface area contributed by atoms with Gasteiger partial charge in [-0.1, -0.05) is 55.9 Å². The number of unbranched alkanes of at least 4 members (excludes halogenated alkanes) is 1. The van der Waals surface area contributed by atoms with E-state index in [0.29, 0.717) is 15.8 Å². The molecule has 2 aliphatic rings. The lowest BCUT2D eigenvalue weighted by Gasteiger charge is -2.23. The van der Waals surface area contributed by atoms with Gasteiger partial charge in [0, 0.05) is 0 Å². The molecule has 1 aliphatic heterocycles. The van der Waals surface area contributed by atoms with Crippen molar-refractivity contribution in [1.82, 2.24) is 4.90 Å². The molecular weight excluding hydrogens is 406 g/mol. The lowest BCUT2D eigenvalue weighted by molar-refractivity contribution is -0.152. The SMILES string of the molecule is CCCCOc1ccc(/C=C2\SC(=S)N(CC(=O)OC3CCCCC3)C2=O)cc1. The standard InChI is InChI=1S/C22H27NO4S2/c1-2-3-13-26-17-11-9-16(10-12-17)14-19-21(25)23(22(28)29-19)15-20(24)27-18-7-5-4-6-8-18/h9-12,14,18H,2-8,13,15H2,1H3/b19-14-. The Morgan fingerprint density at radius 3 is 2.66 bits per heavy atom. The number of ether oxygens (including phenoxy) is 2. The molecule has 7 heteroatoms. The molecule has 0 bridgehead atoms. The molecule has 156 valence electrons. The summed E-state index contributed by atoms with van der Waals surface area (Å²) < 4.78 is 11.6. The van der Waals surface area contributed by atoms with E-state index in [1.165, 1.54) is 23.1 Å².